The van der Waals surface area contributed by atoms with E-state index in [2.05, 4.69) is 15.9 Å². The van der Waals surface area contributed by atoms with E-state index in [4.69, 9.17) is 37.4 Å². The molecule has 4 rings (SSSR count). The number of benzene rings is 3. The Bertz CT molecular complexity index is 1300. The largest absolute Gasteiger partial charge is 0.490 e. The van der Waals surface area contributed by atoms with Gasteiger partial charge in [0.15, 0.2) is 11.5 Å². The first kappa shape index (κ1) is 24.4. The molecule has 3 aromatic carbocycles. The van der Waals surface area contributed by atoms with Crippen molar-refractivity contribution in [1.82, 2.24) is 0 Å². The number of aryl methyl sites for hydroxylation is 1. The Kier molecular flexibility index (Phi) is 7.67. The first-order valence-corrected chi connectivity index (χ1v) is 12.1. The van der Waals surface area contributed by atoms with Crippen LogP contribution in [-0.2, 0) is 16.1 Å². The maximum atomic E-state index is 12.5. The molecule has 0 unspecified atom stereocenters. The molecule has 0 saturated carbocycles. The summed E-state index contributed by atoms with van der Waals surface area (Å²) in [6.45, 7) is 4.59. The van der Waals surface area contributed by atoms with Crippen molar-refractivity contribution in [2.45, 2.75) is 20.5 Å². The molecule has 1 heterocycles. The minimum absolute atomic E-state index is 0.240. The number of ether oxygens (including phenoxy) is 3. The summed E-state index contributed by atoms with van der Waals surface area (Å²) in [6.07, 6.45) is 3.50. The second-order valence-corrected chi connectivity index (χ2v) is 9.35. The van der Waals surface area contributed by atoms with Crippen LogP contribution in [0, 0.1) is 6.92 Å². The summed E-state index contributed by atoms with van der Waals surface area (Å²) in [7, 11) is 0. The molecule has 0 spiro atoms. The van der Waals surface area contributed by atoms with Gasteiger partial charge in [0, 0.05) is 21.2 Å². The molecule has 34 heavy (non-hydrogen) atoms. The Hall–Kier alpha value is -2.73. The van der Waals surface area contributed by atoms with Gasteiger partial charge in [-0.1, -0.05) is 59.1 Å². The summed E-state index contributed by atoms with van der Waals surface area (Å²) < 4.78 is 18.0. The average Bonchev–Trinajstić information content (AvgIpc) is 3.15. The van der Waals surface area contributed by atoms with E-state index >= 15 is 0 Å². The highest BCUT2D eigenvalue weighted by Crippen LogP contribution is 2.39. The lowest BCUT2D eigenvalue weighted by Crippen LogP contribution is -2.02. The number of cyclic esters (lactones) is 1. The molecule has 0 N–H and O–H groups in total. The number of halogens is 3. The van der Waals surface area contributed by atoms with Gasteiger partial charge >= 0.3 is 5.97 Å². The Morgan fingerprint density at radius 1 is 1.03 bits per heavy atom. The third-order valence-corrected chi connectivity index (χ3v) is 6.28. The maximum Gasteiger partial charge on any atom is 0.343 e. The summed E-state index contributed by atoms with van der Waals surface area (Å²) >= 11 is 15.8. The van der Waals surface area contributed by atoms with Crippen LogP contribution in [0.4, 0.5) is 0 Å². The van der Waals surface area contributed by atoms with Gasteiger partial charge in [-0.3, -0.25) is 0 Å². The minimum Gasteiger partial charge on any atom is -0.490 e. The highest BCUT2D eigenvalue weighted by molar-refractivity contribution is 9.10. The first-order valence-electron chi connectivity index (χ1n) is 10.6. The zero-order chi connectivity index (χ0) is 24.2. The fraction of sp³-hybridized carbons (Fsp3) is 0.148. The highest BCUT2D eigenvalue weighted by atomic mass is 79.9. The van der Waals surface area contributed by atoms with Crippen LogP contribution in [0.1, 0.15) is 29.2 Å². The van der Waals surface area contributed by atoms with Gasteiger partial charge in [-0.05, 0) is 71.8 Å². The van der Waals surface area contributed by atoms with Crippen LogP contribution in [-0.4, -0.2) is 12.6 Å². The van der Waals surface area contributed by atoms with Crippen LogP contribution in [0.2, 0.25) is 10.0 Å². The van der Waals surface area contributed by atoms with Crippen LogP contribution in [0.15, 0.2) is 70.7 Å². The van der Waals surface area contributed by atoms with E-state index in [0.29, 0.717) is 44.0 Å². The van der Waals surface area contributed by atoms with E-state index in [9.17, 15) is 4.79 Å². The second-order valence-electron chi connectivity index (χ2n) is 7.65. The number of esters is 1. The fourth-order valence-electron chi connectivity index (χ4n) is 3.39. The molecule has 0 bridgehead atoms. The van der Waals surface area contributed by atoms with Crippen molar-refractivity contribution in [1.29, 1.82) is 0 Å². The van der Waals surface area contributed by atoms with Gasteiger partial charge < -0.3 is 14.2 Å². The quantitative estimate of drug-likeness (QED) is 0.217. The number of hydrogen-bond donors (Lipinski definition) is 0. The van der Waals surface area contributed by atoms with Gasteiger partial charge in [0.05, 0.1) is 16.7 Å². The average molecular weight is 560 g/mol. The standard InChI is InChI=1S/C27H21BrCl2O4/c1-3-32-25-12-17(10-20-13-24(34-27(20)31)18-6-4-16(2)5-7-18)11-22(28)26(25)33-15-19-8-9-21(29)14-23(19)30/h4-14H,3,15H2,1-2H3/b20-10+. The predicted octanol–water partition coefficient (Wildman–Crippen LogP) is 8.02. The fourth-order valence-corrected chi connectivity index (χ4v) is 4.43. The van der Waals surface area contributed by atoms with Gasteiger partial charge in [0.2, 0.25) is 0 Å². The molecule has 0 aliphatic carbocycles. The van der Waals surface area contributed by atoms with E-state index in [1.807, 2.05) is 56.3 Å². The van der Waals surface area contributed by atoms with Crippen molar-refractivity contribution in [2.75, 3.05) is 6.61 Å². The van der Waals surface area contributed by atoms with Gasteiger partial charge in [-0.2, -0.15) is 0 Å². The van der Waals surface area contributed by atoms with Crippen molar-refractivity contribution in [3.05, 3.63) is 103 Å². The van der Waals surface area contributed by atoms with E-state index in [1.165, 1.54) is 0 Å². The Morgan fingerprint density at radius 2 is 1.79 bits per heavy atom. The summed E-state index contributed by atoms with van der Waals surface area (Å²) in [4.78, 5) is 12.5. The molecule has 0 aromatic heterocycles. The summed E-state index contributed by atoms with van der Waals surface area (Å²) in [6, 6.07) is 16.8. The third-order valence-electron chi connectivity index (χ3n) is 5.10. The van der Waals surface area contributed by atoms with Crippen molar-refractivity contribution < 1.29 is 19.0 Å². The van der Waals surface area contributed by atoms with Gasteiger partial charge in [-0.15, -0.1) is 0 Å². The molecule has 1 aliphatic heterocycles. The molecule has 3 aromatic rings. The lowest BCUT2D eigenvalue weighted by atomic mass is 10.1. The van der Waals surface area contributed by atoms with Crippen LogP contribution < -0.4 is 9.47 Å². The molecule has 7 heteroatoms. The zero-order valence-corrected chi connectivity index (χ0v) is 21.6. The Morgan fingerprint density at radius 3 is 2.50 bits per heavy atom. The maximum absolute atomic E-state index is 12.5. The van der Waals surface area contributed by atoms with Gasteiger partial charge in [0.25, 0.3) is 0 Å². The van der Waals surface area contributed by atoms with Crippen molar-refractivity contribution in [3.8, 4) is 11.5 Å². The summed E-state index contributed by atoms with van der Waals surface area (Å²) in [5, 5.41) is 1.09. The molecule has 0 atom stereocenters. The molecule has 1 aliphatic rings. The molecule has 4 nitrogen and oxygen atoms in total. The molecular formula is C27H21BrCl2O4. The van der Waals surface area contributed by atoms with Crippen LogP contribution in [0.25, 0.3) is 11.8 Å². The van der Waals surface area contributed by atoms with Gasteiger partial charge in [-0.25, -0.2) is 4.79 Å². The summed E-state index contributed by atoms with van der Waals surface area (Å²) in [5.41, 5.74) is 4.00. The van der Waals surface area contributed by atoms with Crippen molar-refractivity contribution >= 4 is 56.9 Å². The number of carbonyl (C=O) groups is 1. The summed E-state index contributed by atoms with van der Waals surface area (Å²) in [5.74, 6) is 1.21. The van der Waals surface area contributed by atoms with Crippen molar-refractivity contribution in [3.63, 3.8) is 0 Å². The van der Waals surface area contributed by atoms with Crippen LogP contribution in [0.5, 0.6) is 11.5 Å². The van der Waals surface area contributed by atoms with Gasteiger partial charge in [0.1, 0.15) is 12.4 Å². The number of hydrogen-bond acceptors (Lipinski definition) is 4. The molecular weight excluding hydrogens is 539 g/mol. The number of carbonyl (C=O) groups excluding carboxylic acids is 1. The third kappa shape index (κ3) is 5.66. The number of rotatable bonds is 7. The van der Waals surface area contributed by atoms with E-state index < -0.39 is 5.97 Å². The minimum atomic E-state index is -0.401. The predicted molar refractivity (Wildman–Crippen MR) is 139 cm³/mol. The lowest BCUT2D eigenvalue weighted by molar-refractivity contribution is -0.130. The molecule has 0 saturated heterocycles. The molecule has 174 valence electrons. The first-order chi connectivity index (χ1) is 16.3. The zero-order valence-electron chi connectivity index (χ0n) is 18.5. The Labute approximate surface area is 216 Å². The van der Waals surface area contributed by atoms with Crippen LogP contribution >= 0.6 is 39.1 Å². The molecule has 0 radical (unpaired) electrons. The van der Waals surface area contributed by atoms with E-state index in [-0.39, 0.29) is 6.61 Å². The molecule has 0 fully saturated rings. The monoisotopic (exact) mass is 558 g/mol. The SMILES string of the molecule is CCOc1cc(/C=C2\C=C(c3ccc(C)cc3)OC2=O)cc(Br)c1OCc1ccc(Cl)cc1Cl. The normalized spacial score (nSPS) is 14.2. The second kappa shape index (κ2) is 10.7. The molecule has 0 amide bonds. The smallest absolute Gasteiger partial charge is 0.343 e. The Balaban J connectivity index is 1.61. The van der Waals surface area contributed by atoms with E-state index in [0.717, 1.165) is 22.3 Å². The van der Waals surface area contributed by atoms with Crippen LogP contribution in [0.3, 0.4) is 0 Å². The van der Waals surface area contributed by atoms with Crippen molar-refractivity contribution in [2.24, 2.45) is 0 Å². The lowest BCUT2D eigenvalue weighted by Gasteiger charge is -2.15. The van der Waals surface area contributed by atoms with E-state index in [1.54, 1.807) is 24.3 Å². The highest BCUT2D eigenvalue weighted by Gasteiger charge is 2.22. The topological polar surface area (TPSA) is 44.8 Å².